The summed E-state index contributed by atoms with van der Waals surface area (Å²) in [7, 11) is 0. The summed E-state index contributed by atoms with van der Waals surface area (Å²) < 4.78 is 220. The zero-order valence-electron chi connectivity index (χ0n) is 50.5. The molecule has 0 atom stereocenters. The maximum atomic E-state index is 14.4. The van der Waals surface area contributed by atoms with Gasteiger partial charge in [-0.25, -0.2) is 4.85 Å². The molecule has 13 aromatic rings. The van der Waals surface area contributed by atoms with Crippen LogP contribution in [0.1, 0.15) is 55.6 Å². The van der Waals surface area contributed by atoms with Gasteiger partial charge in [-0.15, -0.1) is 0 Å². The Kier molecular flexibility index (Phi) is 15.2. The van der Waals surface area contributed by atoms with Crippen molar-refractivity contribution < 1.29 is 65.9 Å². The van der Waals surface area contributed by atoms with Gasteiger partial charge in [0.25, 0.3) is 0 Å². The first kappa shape index (κ1) is 63.7. The average molecular weight is 1310 g/mol. The van der Waals surface area contributed by atoms with Crippen molar-refractivity contribution in [1.82, 2.24) is 9.13 Å². The molecule has 96 heavy (non-hydrogen) atoms. The number of halogens is 15. The lowest BCUT2D eigenvalue weighted by atomic mass is 9.89. The van der Waals surface area contributed by atoms with Gasteiger partial charge in [0.2, 0.25) is 0 Å². The van der Waals surface area contributed by atoms with Gasteiger partial charge >= 0.3 is 30.9 Å². The molecule has 478 valence electrons. The van der Waals surface area contributed by atoms with Crippen LogP contribution >= 0.6 is 0 Å². The third-order valence-corrected chi connectivity index (χ3v) is 17.2. The van der Waals surface area contributed by atoms with Crippen molar-refractivity contribution in [3.05, 3.63) is 267 Å². The Morgan fingerprint density at radius 3 is 1.05 bits per heavy atom. The Labute approximate surface area is 537 Å². The van der Waals surface area contributed by atoms with E-state index in [4.69, 9.17) is 6.57 Å². The smallest absolute Gasteiger partial charge is 0.309 e. The minimum absolute atomic E-state index is 0.0112. The van der Waals surface area contributed by atoms with E-state index in [9.17, 15) is 71.1 Å². The molecule has 2 aromatic heterocycles. The molecule has 0 saturated heterocycles. The van der Waals surface area contributed by atoms with E-state index >= 15 is 0 Å². The van der Waals surface area contributed by atoms with Crippen molar-refractivity contribution in [1.29, 1.82) is 5.26 Å². The molecule has 0 amide bonds. The molecule has 11 aromatic carbocycles. The highest BCUT2D eigenvalue weighted by molar-refractivity contribution is 6.14. The van der Waals surface area contributed by atoms with E-state index in [0.717, 1.165) is 42.0 Å². The summed E-state index contributed by atoms with van der Waals surface area (Å²) in [5.74, 6) is 0. The number of aryl methyl sites for hydroxylation is 4. The van der Waals surface area contributed by atoms with Gasteiger partial charge in [0.05, 0.1) is 73.8 Å². The van der Waals surface area contributed by atoms with Gasteiger partial charge in [-0.2, -0.15) is 71.1 Å². The fourth-order valence-electron chi connectivity index (χ4n) is 12.9. The lowest BCUT2D eigenvalue weighted by Crippen LogP contribution is -2.11. The molecule has 13 rings (SSSR count). The maximum Gasteiger partial charge on any atom is 0.416 e. The highest BCUT2D eigenvalue weighted by Gasteiger charge is 2.38. The predicted molar refractivity (Wildman–Crippen MR) is 343 cm³/mol. The third-order valence-electron chi connectivity index (χ3n) is 17.2. The monoisotopic (exact) mass is 1310 g/mol. The molecule has 2 heterocycles. The zero-order chi connectivity index (χ0) is 68.5. The first-order valence-corrected chi connectivity index (χ1v) is 29.4. The van der Waals surface area contributed by atoms with E-state index in [0.29, 0.717) is 106 Å². The topological polar surface area (TPSA) is 38.0 Å². The van der Waals surface area contributed by atoms with Crippen molar-refractivity contribution in [3.8, 4) is 84.2 Å². The SMILES string of the molecule is [C-]#[N+]c1ccc(-n2c3ccc(-c4cc(C)cc(C(F)(F)F)c4)cc3c3cc(-c4cc(C)cc(C(F)(F)F)c4)ccc32)c(-c2cc(-n3c4ccc(-c5cc(C)cc(C(F)(F)F)c5)cc4c4cc(-c5cc(C(F)(F)F)cc(C(F)(F)F)c5)ccc43)ccc2-c2ccc(C)cc2C#N)c1. The van der Waals surface area contributed by atoms with Crippen LogP contribution in [-0.2, 0) is 30.9 Å². The molecule has 0 saturated carbocycles. The first-order valence-electron chi connectivity index (χ1n) is 29.4. The summed E-state index contributed by atoms with van der Waals surface area (Å²) in [5, 5.41) is 12.3. The van der Waals surface area contributed by atoms with Crippen LogP contribution in [0.15, 0.2) is 200 Å². The van der Waals surface area contributed by atoms with Crippen LogP contribution in [0.2, 0.25) is 0 Å². The Hall–Kier alpha value is -11.1. The molecule has 0 N–H and O–H groups in total. The standard InChI is InChI=1S/C77H45F15N4/c1-40-6-13-60(52(20-40)39-93)61-14-12-59(95-68-15-7-44(48-21-41(2)24-53(27-48)73(78,79)80)32-63(68)64-35-47(8-16-69(64)95)51-30-56(76(87,88)89)36-57(31-51)77(90,91)92)38-62(61)67-37-58(94-5)11-19-72(67)96-70-17-9-45(49-22-42(3)25-54(28-49)74(81,82)83)33-65(70)66-34-46(10-18-71(66)96)50-23-43(4)26-55(29-50)75(84,85)86/h6-38H,1-4H3. The zero-order valence-corrected chi connectivity index (χ0v) is 50.5. The number of nitriles is 1. The molecule has 0 spiro atoms. The van der Waals surface area contributed by atoms with E-state index < -0.39 is 64.3 Å². The van der Waals surface area contributed by atoms with Gasteiger partial charge in [-0.1, -0.05) is 66.7 Å². The minimum Gasteiger partial charge on any atom is -0.309 e. The molecule has 0 unspecified atom stereocenters. The molecule has 0 radical (unpaired) electrons. The predicted octanol–water partition coefficient (Wildman–Crippen LogP) is 24.6. The normalized spacial score (nSPS) is 12.5. The number of aromatic nitrogens is 2. The number of rotatable bonds is 8. The quantitative estimate of drug-likeness (QED) is 0.110. The third kappa shape index (κ3) is 11.7. The number of alkyl halides is 15. The summed E-state index contributed by atoms with van der Waals surface area (Å²) in [4.78, 5) is 3.82. The van der Waals surface area contributed by atoms with E-state index in [1.807, 2.05) is 4.57 Å². The van der Waals surface area contributed by atoms with Gasteiger partial charge in [0.1, 0.15) is 0 Å². The lowest BCUT2D eigenvalue weighted by Gasteiger charge is -2.20. The van der Waals surface area contributed by atoms with Crippen molar-refractivity contribution in [2.75, 3.05) is 0 Å². The molecular formula is C77H45F15N4. The van der Waals surface area contributed by atoms with Crippen molar-refractivity contribution >= 4 is 49.3 Å². The number of hydrogen-bond donors (Lipinski definition) is 0. The van der Waals surface area contributed by atoms with Crippen LogP contribution in [0.25, 0.3) is 127 Å². The number of benzene rings is 11. The Morgan fingerprint density at radius 2 is 0.677 bits per heavy atom. The number of fused-ring (bicyclic) bond motifs is 6. The van der Waals surface area contributed by atoms with Gasteiger partial charge in [-0.05, 0) is 245 Å². The van der Waals surface area contributed by atoms with Crippen LogP contribution in [0.3, 0.4) is 0 Å². The molecule has 4 nitrogen and oxygen atoms in total. The van der Waals surface area contributed by atoms with Gasteiger partial charge in [0, 0.05) is 32.8 Å². The van der Waals surface area contributed by atoms with Gasteiger partial charge in [-0.3, -0.25) is 0 Å². The Bertz CT molecular complexity index is 5330. The van der Waals surface area contributed by atoms with Crippen LogP contribution in [0, 0.1) is 45.6 Å². The van der Waals surface area contributed by atoms with Crippen LogP contribution in [-0.4, -0.2) is 9.13 Å². The molecule has 0 fully saturated rings. The molecule has 19 heteroatoms. The molecule has 0 aliphatic heterocycles. The second kappa shape index (κ2) is 22.9. The molecule has 0 aliphatic carbocycles. The van der Waals surface area contributed by atoms with Gasteiger partial charge < -0.3 is 9.13 Å². The van der Waals surface area contributed by atoms with E-state index in [-0.39, 0.29) is 56.1 Å². The number of nitrogens with zero attached hydrogens (tertiary/aromatic N) is 4. The van der Waals surface area contributed by atoms with Crippen molar-refractivity contribution in [2.45, 2.75) is 58.6 Å². The van der Waals surface area contributed by atoms with Gasteiger partial charge in [0.15, 0.2) is 5.69 Å². The Balaban J connectivity index is 1.10. The van der Waals surface area contributed by atoms with Crippen LogP contribution in [0.5, 0.6) is 0 Å². The van der Waals surface area contributed by atoms with E-state index in [2.05, 4.69) is 10.9 Å². The highest BCUT2D eigenvalue weighted by atomic mass is 19.4. The minimum atomic E-state index is -5.20. The summed E-state index contributed by atoms with van der Waals surface area (Å²) in [6.45, 7) is 14.7. The molecule has 0 aliphatic rings. The van der Waals surface area contributed by atoms with Crippen molar-refractivity contribution in [2.24, 2.45) is 0 Å². The fourth-order valence-corrected chi connectivity index (χ4v) is 12.9. The summed E-state index contributed by atoms with van der Waals surface area (Å²) >= 11 is 0. The molecule has 0 bridgehead atoms. The second-order valence-corrected chi connectivity index (χ2v) is 23.9. The van der Waals surface area contributed by atoms with Crippen molar-refractivity contribution in [3.63, 3.8) is 0 Å². The average Bonchev–Trinajstić information content (AvgIpc) is 1.55. The van der Waals surface area contributed by atoms with E-state index in [1.165, 1.54) is 45.0 Å². The summed E-state index contributed by atoms with van der Waals surface area (Å²) in [6.07, 6.45) is -24.6. The fraction of sp³-hybridized carbons (Fsp3) is 0.117. The van der Waals surface area contributed by atoms with E-state index in [1.54, 1.807) is 133 Å². The lowest BCUT2D eigenvalue weighted by molar-refractivity contribution is -0.143. The first-order chi connectivity index (χ1) is 45.2. The highest BCUT2D eigenvalue weighted by Crippen LogP contribution is 2.48. The van der Waals surface area contributed by atoms with Crippen LogP contribution in [0.4, 0.5) is 71.5 Å². The Morgan fingerprint density at radius 1 is 0.312 bits per heavy atom. The van der Waals surface area contributed by atoms with Crippen LogP contribution < -0.4 is 0 Å². The largest absolute Gasteiger partial charge is 0.416 e. The molecular weight excluding hydrogens is 1270 g/mol. The maximum absolute atomic E-state index is 14.4. The number of hydrogen-bond acceptors (Lipinski definition) is 1. The summed E-state index contributed by atoms with van der Waals surface area (Å²) in [6, 6.07) is 48.7. The second-order valence-electron chi connectivity index (χ2n) is 23.9. The summed E-state index contributed by atoms with van der Waals surface area (Å²) in [5.41, 5.74) is 1.23.